The number of hydrogen-bond acceptors (Lipinski definition) is 5. The summed E-state index contributed by atoms with van der Waals surface area (Å²) in [5.41, 5.74) is 0.264. The largest absolute Gasteiger partial charge is 0.314 e. The Labute approximate surface area is 123 Å². The van der Waals surface area contributed by atoms with Crippen LogP contribution in [0.15, 0.2) is 23.1 Å². The molecule has 0 bridgehead atoms. The molecule has 0 amide bonds. The monoisotopic (exact) mass is 313 g/mol. The first-order valence-electron chi connectivity index (χ1n) is 6.80. The van der Waals surface area contributed by atoms with E-state index in [9.17, 15) is 18.5 Å². The molecule has 7 nitrogen and oxygen atoms in total. The van der Waals surface area contributed by atoms with E-state index in [2.05, 4.69) is 10.0 Å². The summed E-state index contributed by atoms with van der Waals surface area (Å²) in [6, 6.07) is 3.94. The molecule has 1 aliphatic rings. The van der Waals surface area contributed by atoms with Crippen LogP contribution in [0.4, 0.5) is 5.69 Å². The summed E-state index contributed by atoms with van der Waals surface area (Å²) >= 11 is 0. The normalized spacial score (nSPS) is 23.0. The molecular weight excluding hydrogens is 294 g/mol. The molecule has 1 aliphatic heterocycles. The second kappa shape index (κ2) is 6.08. The average molecular weight is 313 g/mol. The third kappa shape index (κ3) is 3.78. The maximum atomic E-state index is 12.4. The number of nitrogens with one attached hydrogen (secondary N) is 2. The van der Waals surface area contributed by atoms with Crippen molar-refractivity contribution in [2.75, 3.05) is 6.54 Å². The lowest BCUT2D eigenvalue weighted by Gasteiger charge is -2.28. The van der Waals surface area contributed by atoms with Crippen LogP contribution in [0.5, 0.6) is 0 Å². The molecule has 0 spiro atoms. The van der Waals surface area contributed by atoms with Gasteiger partial charge in [0.05, 0.1) is 9.82 Å². The van der Waals surface area contributed by atoms with Gasteiger partial charge in [-0.15, -0.1) is 0 Å². The van der Waals surface area contributed by atoms with Gasteiger partial charge >= 0.3 is 0 Å². The highest BCUT2D eigenvalue weighted by Crippen LogP contribution is 2.22. The van der Waals surface area contributed by atoms with E-state index in [0.29, 0.717) is 5.56 Å². The molecule has 2 N–H and O–H groups in total. The molecule has 1 fully saturated rings. The minimum Gasteiger partial charge on any atom is -0.314 e. The van der Waals surface area contributed by atoms with E-state index < -0.39 is 14.9 Å². The Kier molecular flexibility index (Phi) is 4.60. The third-order valence-corrected chi connectivity index (χ3v) is 5.29. The van der Waals surface area contributed by atoms with Gasteiger partial charge in [-0.3, -0.25) is 10.1 Å². The SMILES string of the molecule is Cc1cc([N+](=O)[O-])ccc1S(=O)(=O)NC1CCNC(C)C1. The smallest absolute Gasteiger partial charge is 0.269 e. The first-order chi connectivity index (χ1) is 9.79. The van der Waals surface area contributed by atoms with Gasteiger partial charge in [-0.05, 0) is 44.9 Å². The lowest BCUT2D eigenvalue weighted by Crippen LogP contribution is -2.46. The minimum atomic E-state index is -3.66. The summed E-state index contributed by atoms with van der Waals surface area (Å²) < 4.78 is 27.5. The second-order valence-corrected chi connectivity index (χ2v) is 7.09. The van der Waals surface area contributed by atoms with Crippen LogP contribution in [0.1, 0.15) is 25.3 Å². The zero-order chi connectivity index (χ0) is 15.6. The van der Waals surface area contributed by atoms with Gasteiger partial charge in [-0.2, -0.15) is 0 Å². The van der Waals surface area contributed by atoms with Crippen LogP contribution in [0, 0.1) is 17.0 Å². The van der Waals surface area contributed by atoms with Gasteiger partial charge in [-0.1, -0.05) is 0 Å². The van der Waals surface area contributed by atoms with Crippen molar-refractivity contribution in [1.29, 1.82) is 0 Å². The van der Waals surface area contributed by atoms with Gasteiger partial charge in [0, 0.05) is 24.2 Å². The standard InChI is InChI=1S/C13H19N3O4S/c1-9-7-12(16(17)18)3-4-13(9)21(19,20)15-11-5-6-14-10(2)8-11/h3-4,7,10-11,14-15H,5-6,8H2,1-2H3. The van der Waals surface area contributed by atoms with E-state index in [1.54, 1.807) is 6.92 Å². The zero-order valence-corrected chi connectivity index (χ0v) is 12.8. The van der Waals surface area contributed by atoms with Crippen molar-refractivity contribution in [2.45, 2.75) is 43.7 Å². The van der Waals surface area contributed by atoms with Gasteiger partial charge in [0.2, 0.25) is 10.0 Å². The molecule has 0 aliphatic carbocycles. The molecule has 0 radical (unpaired) electrons. The lowest BCUT2D eigenvalue weighted by atomic mass is 10.0. The van der Waals surface area contributed by atoms with Crippen LogP contribution >= 0.6 is 0 Å². The van der Waals surface area contributed by atoms with E-state index >= 15 is 0 Å². The van der Waals surface area contributed by atoms with Gasteiger partial charge in [0.15, 0.2) is 0 Å². The Morgan fingerprint density at radius 1 is 1.43 bits per heavy atom. The summed E-state index contributed by atoms with van der Waals surface area (Å²) in [6.07, 6.45) is 1.46. The third-order valence-electron chi connectivity index (χ3n) is 3.60. The molecule has 1 aromatic carbocycles. The number of non-ortho nitro benzene ring substituents is 1. The average Bonchev–Trinajstić information content (AvgIpc) is 2.37. The fourth-order valence-electron chi connectivity index (χ4n) is 2.57. The Balaban J connectivity index is 2.21. The molecule has 0 saturated carbocycles. The predicted molar refractivity (Wildman–Crippen MR) is 78.6 cm³/mol. The number of sulfonamides is 1. The Hall–Kier alpha value is -1.51. The van der Waals surface area contributed by atoms with Crippen molar-refractivity contribution < 1.29 is 13.3 Å². The number of piperidine rings is 1. The first kappa shape index (κ1) is 15.9. The van der Waals surface area contributed by atoms with Gasteiger partial charge < -0.3 is 5.32 Å². The summed E-state index contributed by atoms with van der Waals surface area (Å²) in [7, 11) is -3.66. The van der Waals surface area contributed by atoms with Crippen molar-refractivity contribution in [1.82, 2.24) is 10.0 Å². The molecule has 1 heterocycles. The molecule has 2 atom stereocenters. The number of rotatable bonds is 4. The van der Waals surface area contributed by atoms with E-state index in [1.165, 1.54) is 18.2 Å². The molecule has 1 saturated heterocycles. The highest BCUT2D eigenvalue weighted by molar-refractivity contribution is 7.89. The van der Waals surface area contributed by atoms with Crippen molar-refractivity contribution in [2.24, 2.45) is 0 Å². The molecule has 2 rings (SSSR count). The fraction of sp³-hybridized carbons (Fsp3) is 0.538. The Bertz CT molecular complexity index is 645. The highest BCUT2D eigenvalue weighted by Gasteiger charge is 2.26. The first-order valence-corrected chi connectivity index (χ1v) is 8.28. The quantitative estimate of drug-likeness (QED) is 0.645. The Morgan fingerprint density at radius 2 is 2.14 bits per heavy atom. The number of nitro benzene ring substituents is 1. The molecular formula is C13H19N3O4S. The Morgan fingerprint density at radius 3 is 2.71 bits per heavy atom. The van der Waals surface area contributed by atoms with E-state index in [-0.39, 0.29) is 22.7 Å². The summed E-state index contributed by atoms with van der Waals surface area (Å²) in [5, 5.41) is 14.0. The fourth-order valence-corrected chi connectivity index (χ4v) is 4.08. The number of aryl methyl sites for hydroxylation is 1. The molecule has 1 aromatic rings. The van der Waals surface area contributed by atoms with Crippen molar-refractivity contribution in [3.8, 4) is 0 Å². The number of nitrogens with zero attached hydrogens (tertiary/aromatic N) is 1. The van der Waals surface area contributed by atoms with E-state index in [0.717, 1.165) is 19.4 Å². The maximum absolute atomic E-state index is 12.4. The van der Waals surface area contributed by atoms with Crippen LogP contribution in [0.2, 0.25) is 0 Å². The summed E-state index contributed by atoms with van der Waals surface area (Å²) in [5.74, 6) is 0. The van der Waals surface area contributed by atoms with Crippen LogP contribution < -0.4 is 10.0 Å². The van der Waals surface area contributed by atoms with E-state index in [4.69, 9.17) is 0 Å². The summed E-state index contributed by atoms with van der Waals surface area (Å²) in [6.45, 7) is 4.35. The van der Waals surface area contributed by atoms with Gasteiger partial charge in [0.25, 0.3) is 5.69 Å². The van der Waals surface area contributed by atoms with Crippen LogP contribution in [-0.4, -0.2) is 32.0 Å². The molecule has 8 heteroatoms. The summed E-state index contributed by atoms with van der Waals surface area (Å²) in [4.78, 5) is 10.3. The maximum Gasteiger partial charge on any atom is 0.269 e. The lowest BCUT2D eigenvalue weighted by molar-refractivity contribution is -0.385. The van der Waals surface area contributed by atoms with Gasteiger partial charge in [-0.25, -0.2) is 13.1 Å². The number of benzene rings is 1. The van der Waals surface area contributed by atoms with Crippen molar-refractivity contribution in [3.05, 3.63) is 33.9 Å². The molecule has 21 heavy (non-hydrogen) atoms. The van der Waals surface area contributed by atoms with Crippen molar-refractivity contribution in [3.63, 3.8) is 0 Å². The molecule has 2 unspecified atom stereocenters. The highest BCUT2D eigenvalue weighted by atomic mass is 32.2. The second-order valence-electron chi connectivity index (χ2n) is 5.40. The van der Waals surface area contributed by atoms with Crippen LogP contribution in [0.3, 0.4) is 0 Å². The predicted octanol–water partition coefficient (Wildman–Crippen LogP) is 1.32. The zero-order valence-electron chi connectivity index (χ0n) is 12.0. The van der Waals surface area contributed by atoms with E-state index in [1.807, 2.05) is 6.92 Å². The van der Waals surface area contributed by atoms with Crippen LogP contribution in [0.25, 0.3) is 0 Å². The van der Waals surface area contributed by atoms with Gasteiger partial charge in [0.1, 0.15) is 0 Å². The van der Waals surface area contributed by atoms with Crippen molar-refractivity contribution >= 4 is 15.7 Å². The topological polar surface area (TPSA) is 101 Å². The minimum absolute atomic E-state index is 0.0966. The molecule has 0 aromatic heterocycles. The number of hydrogen-bond donors (Lipinski definition) is 2. The number of nitro groups is 1. The molecule has 116 valence electrons. The van der Waals surface area contributed by atoms with Crippen LogP contribution in [-0.2, 0) is 10.0 Å².